The highest BCUT2D eigenvalue weighted by Crippen LogP contribution is 2.47. The molecule has 6 rings (SSSR count). The number of hydrogen-bond donors (Lipinski definition) is 2. The van der Waals surface area contributed by atoms with E-state index in [1.807, 2.05) is 19.9 Å². The lowest BCUT2D eigenvalue weighted by atomic mass is 9.86. The third-order valence-electron chi connectivity index (χ3n) is 8.15. The molecule has 2 aliphatic heterocycles. The van der Waals surface area contributed by atoms with Gasteiger partial charge >= 0.3 is 0 Å². The summed E-state index contributed by atoms with van der Waals surface area (Å²) in [6, 6.07) is 16.0. The van der Waals surface area contributed by atoms with E-state index in [2.05, 4.69) is 9.44 Å². The molecule has 2 N–H and O–H groups in total. The van der Waals surface area contributed by atoms with Crippen LogP contribution in [0, 0.1) is 31.3 Å². The molecule has 52 heavy (non-hydrogen) atoms. The molecule has 0 unspecified atom stereocenters. The number of ether oxygens (including phenoxy) is 2. The van der Waals surface area contributed by atoms with Crippen LogP contribution < -0.4 is 18.9 Å². The quantitative estimate of drug-likeness (QED) is 0.191. The first-order valence-electron chi connectivity index (χ1n) is 15.9. The van der Waals surface area contributed by atoms with Gasteiger partial charge in [0, 0.05) is 28.8 Å². The third-order valence-corrected chi connectivity index (χ3v) is 9.34. The molecule has 2 aliphatic rings. The lowest BCUT2D eigenvalue weighted by Crippen LogP contribution is -2.33. The van der Waals surface area contributed by atoms with E-state index in [0.29, 0.717) is 50.6 Å². The summed E-state index contributed by atoms with van der Waals surface area (Å²) in [5.41, 5.74) is 2.41. The van der Waals surface area contributed by atoms with Gasteiger partial charge < -0.3 is 9.47 Å². The molecule has 0 radical (unpaired) electrons. The Labute approximate surface area is 301 Å². The zero-order valence-electron chi connectivity index (χ0n) is 29.7. The van der Waals surface area contributed by atoms with E-state index in [0.717, 1.165) is 18.1 Å². The maximum atomic E-state index is 15.2. The van der Waals surface area contributed by atoms with E-state index in [1.54, 1.807) is 45.9 Å². The van der Waals surface area contributed by atoms with Gasteiger partial charge in [0.1, 0.15) is 28.7 Å². The highest BCUT2D eigenvalue weighted by atomic mass is 32.2. The first-order valence-corrected chi connectivity index (χ1v) is 19.7. The smallest absolute Gasteiger partial charge is 0.229 e. The second-order valence-corrected chi connectivity index (χ2v) is 17.2. The third kappa shape index (κ3) is 8.45. The van der Waals surface area contributed by atoms with Crippen LogP contribution in [-0.2, 0) is 20.0 Å². The number of aryl methyl sites for hydroxylation is 1. The predicted molar refractivity (Wildman–Crippen MR) is 196 cm³/mol. The van der Waals surface area contributed by atoms with Crippen LogP contribution in [-0.4, -0.2) is 40.5 Å². The summed E-state index contributed by atoms with van der Waals surface area (Å²) in [6.45, 7) is 10.1. The van der Waals surface area contributed by atoms with Gasteiger partial charge in [-0.1, -0.05) is 24.3 Å². The number of nitrogens with one attached hydrogen (secondary N) is 2. The van der Waals surface area contributed by atoms with Crippen LogP contribution in [0.5, 0.6) is 11.5 Å². The van der Waals surface area contributed by atoms with Gasteiger partial charge in [-0.3, -0.25) is 9.44 Å². The summed E-state index contributed by atoms with van der Waals surface area (Å²) in [4.78, 5) is 0. The van der Waals surface area contributed by atoms with Crippen molar-refractivity contribution in [2.75, 3.05) is 22.0 Å². The van der Waals surface area contributed by atoms with Crippen molar-refractivity contribution in [3.63, 3.8) is 0 Å². The molecule has 0 atom stereocenters. The van der Waals surface area contributed by atoms with E-state index in [9.17, 15) is 30.0 Å². The Morgan fingerprint density at radius 2 is 1.17 bits per heavy atom. The molecule has 0 fully saturated rings. The van der Waals surface area contributed by atoms with Crippen molar-refractivity contribution in [1.29, 1.82) is 0 Å². The van der Waals surface area contributed by atoms with Crippen LogP contribution in [0.2, 0.25) is 0 Å². The van der Waals surface area contributed by atoms with E-state index < -0.39 is 48.7 Å². The molecular weight excluding hydrogens is 721 g/mol. The van der Waals surface area contributed by atoms with Gasteiger partial charge in [-0.15, -0.1) is 0 Å². The molecule has 2 heterocycles. The fraction of sp³-hybridized carbons (Fsp3) is 0.263. The number of hydrogen-bond acceptors (Lipinski definition) is 6. The van der Waals surface area contributed by atoms with Crippen molar-refractivity contribution in [3.05, 3.63) is 129 Å². The second kappa shape index (κ2) is 13.6. The van der Waals surface area contributed by atoms with Crippen molar-refractivity contribution in [2.45, 2.75) is 52.7 Å². The average Bonchev–Trinajstić information content (AvgIpc) is 2.99. The van der Waals surface area contributed by atoms with Crippen LogP contribution in [0.1, 0.15) is 61.1 Å². The summed E-state index contributed by atoms with van der Waals surface area (Å²) in [6.07, 6.45) is 3.85. The van der Waals surface area contributed by atoms with E-state index in [1.165, 1.54) is 48.5 Å². The Bertz CT molecular complexity index is 2350. The number of rotatable bonds is 6. The highest BCUT2D eigenvalue weighted by molar-refractivity contribution is 7.92. The minimum Gasteiger partial charge on any atom is -0.483 e. The monoisotopic (exact) mass is 758 g/mol. The summed E-state index contributed by atoms with van der Waals surface area (Å²) >= 11 is 0. The molecule has 4 aromatic rings. The molecule has 8 nitrogen and oxygen atoms in total. The Morgan fingerprint density at radius 3 is 1.71 bits per heavy atom. The van der Waals surface area contributed by atoms with Gasteiger partial charge in [-0.05, 0) is 106 Å². The van der Waals surface area contributed by atoms with Gasteiger partial charge in [-0.25, -0.2) is 34.4 Å². The Balaban J connectivity index is 0.000000201. The molecule has 0 saturated carbocycles. The summed E-state index contributed by atoms with van der Waals surface area (Å²) in [5, 5.41) is 0. The van der Waals surface area contributed by atoms with Crippen molar-refractivity contribution < 1.29 is 43.9 Å². The van der Waals surface area contributed by atoms with Gasteiger partial charge in [-0.2, -0.15) is 0 Å². The predicted octanol–water partition coefficient (Wildman–Crippen LogP) is 8.65. The van der Waals surface area contributed by atoms with Crippen molar-refractivity contribution in [3.8, 4) is 11.5 Å². The SMILES string of the molecule is Cc1c(F)c(NS(C)(=O)=O)cc2c1C(c1ccc(F)cc1)=CC(C)(C)O2.Cc1cc(NS(C)(=O)=O)cc2c1C(c1ccc(F)cc1)=C(F)C(C)(C)O2. The van der Waals surface area contributed by atoms with Gasteiger partial charge in [0.25, 0.3) is 0 Å². The average molecular weight is 759 g/mol. The van der Waals surface area contributed by atoms with Crippen LogP contribution in [0.15, 0.2) is 78.6 Å². The number of fused-ring (bicyclic) bond motifs is 2. The summed E-state index contributed by atoms with van der Waals surface area (Å²) < 4.78 is 119. The normalized spacial score (nSPS) is 15.9. The van der Waals surface area contributed by atoms with Crippen LogP contribution in [0.4, 0.5) is 28.9 Å². The molecule has 0 spiro atoms. The zero-order valence-corrected chi connectivity index (χ0v) is 31.3. The zero-order chi connectivity index (χ0) is 38.6. The van der Waals surface area contributed by atoms with E-state index >= 15 is 4.39 Å². The highest BCUT2D eigenvalue weighted by Gasteiger charge is 2.37. The van der Waals surface area contributed by atoms with E-state index in [4.69, 9.17) is 9.47 Å². The van der Waals surface area contributed by atoms with Crippen LogP contribution >= 0.6 is 0 Å². The largest absolute Gasteiger partial charge is 0.483 e. The molecule has 0 aromatic heterocycles. The topological polar surface area (TPSA) is 111 Å². The van der Waals surface area contributed by atoms with E-state index in [-0.39, 0.29) is 17.1 Å². The Hall–Kier alpha value is -4.82. The standard InChI is InChI=1S/2C19H19F2NO3S/c1-11-17-14(12-5-7-13(20)8-6-12)10-19(2,3)25-16(17)9-15(18(11)21)22-26(4,23)24;1-11-9-14(22-26(4,23)24)10-15-16(11)17(18(21)19(2,3)25-15)12-5-7-13(20)8-6-12/h2*5-10,22H,1-4H3. The fourth-order valence-corrected chi connectivity index (χ4v) is 7.18. The second-order valence-electron chi connectivity index (χ2n) is 13.7. The lowest BCUT2D eigenvalue weighted by Gasteiger charge is -2.34. The maximum absolute atomic E-state index is 15.2. The molecule has 14 heteroatoms. The lowest BCUT2D eigenvalue weighted by molar-refractivity contribution is 0.117. The maximum Gasteiger partial charge on any atom is 0.229 e. The van der Waals surface area contributed by atoms with Gasteiger partial charge in [0.2, 0.25) is 20.0 Å². The first-order chi connectivity index (χ1) is 23.9. The van der Waals surface area contributed by atoms with Crippen molar-refractivity contribution in [2.24, 2.45) is 0 Å². The number of anilines is 2. The molecule has 0 aliphatic carbocycles. The number of benzene rings is 4. The molecule has 0 amide bonds. The van der Waals surface area contributed by atoms with Gasteiger partial charge in [0.05, 0.1) is 23.9 Å². The Kier molecular flexibility index (Phi) is 10.1. The Morgan fingerprint density at radius 1 is 0.654 bits per heavy atom. The molecule has 0 bridgehead atoms. The molecular formula is C38H38F4N2O6S2. The van der Waals surface area contributed by atoms with Crippen molar-refractivity contribution in [1.82, 2.24) is 0 Å². The summed E-state index contributed by atoms with van der Waals surface area (Å²) in [7, 11) is -7.11. The minimum atomic E-state index is -3.64. The molecule has 276 valence electrons. The minimum absolute atomic E-state index is 0.167. The van der Waals surface area contributed by atoms with Crippen molar-refractivity contribution >= 4 is 42.6 Å². The van der Waals surface area contributed by atoms with Gasteiger partial charge in [0.15, 0.2) is 17.2 Å². The van der Waals surface area contributed by atoms with Crippen LogP contribution in [0.3, 0.4) is 0 Å². The van der Waals surface area contributed by atoms with Crippen LogP contribution in [0.25, 0.3) is 11.1 Å². The molecule has 4 aromatic carbocycles. The summed E-state index contributed by atoms with van der Waals surface area (Å²) in [5.74, 6) is -1.19. The number of sulfonamides is 2. The first kappa shape index (κ1) is 38.4. The number of halogens is 4. The molecule has 0 saturated heterocycles. The fourth-order valence-electron chi connectivity index (χ4n) is 6.09.